The Labute approximate surface area is 173 Å². The number of nitriles is 1. The largest absolute Gasteiger partial charge is 0.323 e. The Morgan fingerprint density at radius 1 is 1.17 bits per heavy atom. The molecule has 0 radical (unpaired) electrons. The van der Waals surface area contributed by atoms with Crippen molar-refractivity contribution in [1.29, 1.82) is 5.26 Å². The van der Waals surface area contributed by atoms with Crippen molar-refractivity contribution in [3.8, 4) is 11.8 Å². The van der Waals surface area contributed by atoms with Crippen LogP contribution in [0.25, 0.3) is 5.69 Å². The Morgan fingerprint density at radius 2 is 1.83 bits per heavy atom. The van der Waals surface area contributed by atoms with Gasteiger partial charge < -0.3 is 9.88 Å². The van der Waals surface area contributed by atoms with Gasteiger partial charge in [0.25, 0.3) is 0 Å². The summed E-state index contributed by atoms with van der Waals surface area (Å²) in [7, 11) is -2.55. The molecule has 0 unspecified atom stereocenters. The summed E-state index contributed by atoms with van der Waals surface area (Å²) >= 11 is 6.07. The van der Waals surface area contributed by atoms with Crippen LogP contribution in [0.5, 0.6) is 0 Å². The van der Waals surface area contributed by atoms with E-state index in [9.17, 15) is 13.2 Å². The third-order valence-electron chi connectivity index (χ3n) is 4.17. The number of halogens is 1. The normalized spacial score (nSPS) is 11.2. The number of rotatable bonds is 6. The van der Waals surface area contributed by atoms with Crippen molar-refractivity contribution in [2.24, 2.45) is 0 Å². The Kier molecular flexibility index (Phi) is 6.03. The third-order valence-corrected chi connectivity index (χ3v) is 6.23. The van der Waals surface area contributed by atoms with E-state index in [1.807, 2.05) is 30.6 Å². The highest BCUT2D eigenvalue weighted by molar-refractivity contribution is 7.89. The number of carbonyl (C=O) groups is 1. The number of sulfonamides is 1. The molecule has 7 nitrogen and oxygen atoms in total. The van der Waals surface area contributed by atoms with Crippen LogP contribution in [0.3, 0.4) is 0 Å². The lowest BCUT2D eigenvalue weighted by atomic mass is 10.2. The summed E-state index contributed by atoms with van der Waals surface area (Å²) in [5.74, 6) is -0.500. The molecule has 29 heavy (non-hydrogen) atoms. The Balaban J connectivity index is 1.76. The molecule has 3 aromatic rings. The van der Waals surface area contributed by atoms with E-state index >= 15 is 0 Å². The highest BCUT2D eigenvalue weighted by atomic mass is 35.5. The fraction of sp³-hybridized carbons (Fsp3) is 0.100. The lowest BCUT2D eigenvalue weighted by molar-refractivity contribution is -0.116. The molecule has 0 aliphatic carbocycles. The second-order valence-corrected chi connectivity index (χ2v) is 8.68. The van der Waals surface area contributed by atoms with Crippen LogP contribution < -0.4 is 5.32 Å². The van der Waals surface area contributed by atoms with E-state index < -0.39 is 15.9 Å². The number of anilines is 1. The number of hydrogen-bond acceptors (Lipinski definition) is 4. The molecule has 0 aliphatic rings. The van der Waals surface area contributed by atoms with E-state index in [2.05, 4.69) is 5.32 Å². The van der Waals surface area contributed by atoms with Gasteiger partial charge in [0.15, 0.2) is 0 Å². The molecule has 1 N–H and O–H groups in total. The van der Waals surface area contributed by atoms with Crippen molar-refractivity contribution in [2.75, 3.05) is 18.9 Å². The summed E-state index contributed by atoms with van der Waals surface area (Å²) in [6.45, 7) is -0.379. The number of nitrogens with one attached hydrogen (secondary N) is 1. The maximum Gasteiger partial charge on any atom is 0.243 e. The van der Waals surface area contributed by atoms with Gasteiger partial charge in [0.2, 0.25) is 15.9 Å². The molecular weight excluding hydrogens is 412 g/mol. The Morgan fingerprint density at radius 3 is 2.45 bits per heavy atom. The SMILES string of the molecule is CN(CC(=O)Nc1ccc(Cl)cc1-n1cccc1)S(=O)(=O)c1ccc(C#N)cc1. The standard InChI is InChI=1S/C20H17ClN4O3S/c1-24(29(27,28)17-7-4-15(13-22)5-8-17)14-20(26)23-18-9-6-16(21)12-19(18)25-10-2-3-11-25/h2-12H,14H2,1H3,(H,23,26). The topological polar surface area (TPSA) is 95.2 Å². The third kappa shape index (κ3) is 4.66. The van der Waals surface area contributed by atoms with E-state index in [4.69, 9.17) is 16.9 Å². The Hall–Kier alpha value is -3.12. The molecule has 1 amide bonds. The van der Waals surface area contributed by atoms with Gasteiger partial charge in [0.1, 0.15) is 0 Å². The zero-order valence-electron chi connectivity index (χ0n) is 15.4. The van der Waals surface area contributed by atoms with Crippen molar-refractivity contribution in [3.63, 3.8) is 0 Å². The van der Waals surface area contributed by atoms with Gasteiger partial charge in [-0.15, -0.1) is 0 Å². The van der Waals surface area contributed by atoms with E-state index in [0.29, 0.717) is 22.0 Å². The molecular formula is C20H17ClN4O3S. The molecule has 148 valence electrons. The number of carbonyl (C=O) groups excluding carboxylic acids is 1. The van der Waals surface area contributed by atoms with E-state index in [-0.39, 0.29) is 11.4 Å². The first-order valence-electron chi connectivity index (χ1n) is 8.50. The van der Waals surface area contributed by atoms with Crippen LogP contribution in [0.15, 0.2) is 71.9 Å². The van der Waals surface area contributed by atoms with Crippen molar-refractivity contribution >= 4 is 33.2 Å². The molecule has 9 heteroatoms. The molecule has 0 saturated heterocycles. The molecule has 0 spiro atoms. The van der Waals surface area contributed by atoms with Crippen LogP contribution >= 0.6 is 11.6 Å². The average Bonchev–Trinajstić information content (AvgIpc) is 3.24. The zero-order chi connectivity index (χ0) is 21.0. The quantitative estimate of drug-likeness (QED) is 0.651. The van der Waals surface area contributed by atoms with Gasteiger partial charge in [-0.3, -0.25) is 4.79 Å². The summed E-state index contributed by atoms with van der Waals surface area (Å²) in [6.07, 6.45) is 3.62. The molecule has 0 fully saturated rings. The molecule has 0 bridgehead atoms. The second-order valence-electron chi connectivity index (χ2n) is 6.20. The summed E-state index contributed by atoms with van der Waals surface area (Å²) < 4.78 is 28.1. The number of aromatic nitrogens is 1. The van der Waals surface area contributed by atoms with Crippen LogP contribution in [0.1, 0.15) is 5.56 Å². The van der Waals surface area contributed by atoms with Crippen molar-refractivity contribution in [2.45, 2.75) is 4.90 Å². The molecule has 0 saturated carbocycles. The summed E-state index contributed by atoms with van der Waals surface area (Å²) in [4.78, 5) is 12.5. The molecule has 2 aromatic carbocycles. The van der Waals surface area contributed by atoms with Gasteiger partial charge in [0.05, 0.1) is 34.4 Å². The van der Waals surface area contributed by atoms with Crippen LogP contribution in [0.4, 0.5) is 5.69 Å². The minimum absolute atomic E-state index is 0.00585. The first kappa shape index (κ1) is 20.6. The number of amides is 1. The second kappa shape index (κ2) is 8.49. The molecule has 3 rings (SSSR count). The minimum Gasteiger partial charge on any atom is -0.323 e. The van der Waals surface area contributed by atoms with Gasteiger partial charge in [-0.25, -0.2) is 8.42 Å². The predicted molar refractivity (Wildman–Crippen MR) is 110 cm³/mol. The number of benzene rings is 2. The summed E-state index contributed by atoms with van der Waals surface area (Å²) in [5, 5.41) is 12.1. The molecule has 0 atom stereocenters. The zero-order valence-corrected chi connectivity index (χ0v) is 17.0. The highest BCUT2D eigenvalue weighted by Crippen LogP contribution is 2.25. The van der Waals surface area contributed by atoms with Gasteiger partial charge in [-0.2, -0.15) is 9.57 Å². The first-order chi connectivity index (χ1) is 13.8. The monoisotopic (exact) mass is 428 g/mol. The van der Waals surface area contributed by atoms with Crippen LogP contribution in [0.2, 0.25) is 5.02 Å². The van der Waals surface area contributed by atoms with Gasteiger partial charge >= 0.3 is 0 Å². The van der Waals surface area contributed by atoms with Crippen molar-refractivity contribution in [1.82, 2.24) is 8.87 Å². The maximum absolute atomic E-state index is 12.7. The van der Waals surface area contributed by atoms with E-state index in [1.165, 1.54) is 31.3 Å². The lowest BCUT2D eigenvalue weighted by Gasteiger charge is -2.18. The fourth-order valence-electron chi connectivity index (χ4n) is 2.68. The van der Waals surface area contributed by atoms with E-state index in [1.54, 1.807) is 22.8 Å². The maximum atomic E-state index is 12.7. The van der Waals surface area contributed by atoms with Gasteiger partial charge in [0, 0.05) is 24.5 Å². The van der Waals surface area contributed by atoms with Crippen molar-refractivity contribution < 1.29 is 13.2 Å². The number of likely N-dealkylation sites (N-methyl/N-ethyl adjacent to an activating group) is 1. The highest BCUT2D eigenvalue weighted by Gasteiger charge is 2.23. The predicted octanol–water partition coefficient (Wildman–Crippen LogP) is 3.26. The minimum atomic E-state index is -3.87. The average molecular weight is 429 g/mol. The molecule has 1 aromatic heterocycles. The fourth-order valence-corrected chi connectivity index (χ4v) is 3.97. The number of hydrogen-bond donors (Lipinski definition) is 1. The van der Waals surface area contributed by atoms with Crippen LogP contribution in [-0.2, 0) is 14.8 Å². The molecule has 0 aliphatic heterocycles. The Bertz CT molecular complexity index is 1170. The smallest absolute Gasteiger partial charge is 0.243 e. The summed E-state index contributed by atoms with van der Waals surface area (Å²) in [5.41, 5.74) is 1.51. The van der Waals surface area contributed by atoms with Gasteiger partial charge in [-0.1, -0.05) is 11.6 Å². The van der Waals surface area contributed by atoms with Crippen LogP contribution in [-0.4, -0.2) is 36.8 Å². The van der Waals surface area contributed by atoms with Crippen molar-refractivity contribution in [3.05, 3.63) is 77.6 Å². The van der Waals surface area contributed by atoms with E-state index in [0.717, 1.165) is 4.31 Å². The van der Waals surface area contributed by atoms with Gasteiger partial charge in [-0.05, 0) is 54.6 Å². The lowest BCUT2D eigenvalue weighted by Crippen LogP contribution is -2.35. The van der Waals surface area contributed by atoms with Crippen LogP contribution in [0, 0.1) is 11.3 Å². The molecule has 1 heterocycles. The number of nitrogens with zero attached hydrogens (tertiary/aromatic N) is 3. The first-order valence-corrected chi connectivity index (χ1v) is 10.3. The summed E-state index contributed by atoms with van der Waals surface area (Å²) in [6, 6.07) is 16.1.